The third-order valence-corrected chi connectivity index (χ3v) is 4.35. The van der Waals surface area contributed by atoms with Crippen LogP contribution in [0, 0.1) is 5.92 Å². The topological polar surface area (TPSA) is 65.6 Å². The molecule has 0 radical (unpaired) electrons. The van der Waals surface area contributed by atoms with Crippen LogP contribution < -0.4 is 10.6 Å². The summed E-state index contributed by atoms with van der Waals surface area (Å²) in [6, 6.07) is 8.45. The largest absolute Gasteiger partial charge is 0.385 e. The second kappa shape index (κ2) is 6.76. The summed E-state index contributed by atoms with van der Waals surface area (Å²) in [5.74, 6) is 0.743. The van der Waals surface area contributed by atoms with E-state index in [4.69, 9.17) is 0 Å². The van der Waals surface area contributed by atoms with E-state index >= 15 is 0 Å². The molecule has 2 heterocycles. The first kappa shape index (κ1) is 13.5. The summed E-state index contributed by atoms with van der Waals surface area (Å²) in [6.07, 6.45) is 4.13. The highest BCUT2D eigenvalue weighted by Gasteiger charge is 2.12. The lowest BCUT2D eigenvalue weighted by Crippen LogP contribution is -2.33. The lowest BCUT2D eigenvalue weighted by molar-refractivity contribution is 0.393. The average Bonchev–Trinajstić information content (AvgIpc) is 3.01. The van der Waals surface area contributed by atoms with Crippen molar-refractivity contribution in [1.29, 1.82) is 0 Å². The van der Waals surface area contributed by atoms with Crippen LogP contribution in [0.3, 0.4) is 0 Å². The van der Waals surface area contributed by atoms with Gasteiger partial charge in [-0.3, -0.25) is 5.10 Å². The predicted molar refractivity (Wildman–Crippen MR) is 81.0 cm³/mol. The van der Waals surface area contributed by atoms with Crippen LogP contribution >= 0.6 is 11.8 Å². The average molecular weight is 289 g/mol. The van der Waals surface area contributed by atoms with E-state index in [1.807, 2.05) is 0 Å². The number of hydrogen-bond donors (Lipinski definition) is 3. The summed E-state index contributed by atoms with van der Waals surface area (Å²) in [5.41, 5.74) is 1.18. The molecule has 3 N–H and O–H groups in total. The van der Waals surface area contributed by atoms with Crippen molar-refractivity contribution in [3.05, 3.63) is 30.6 Å². The maximum Gasteiger partial charge on any atom is 0.188 e. The molecule has 1 aliphatic heterocycles. The van der Waals surface area contributed by atoms with E-state index in [0.717, 1.165) is 29.1 Å². The van der Waals surface area contributed by atoms with Crippen molar-refractivity contribution in [3.63, 3.8) is 0 Å². The zero-order valence-electron chi connectivity index (χ0n) is 11.3. The number of hydrogen-bond acceptors (Lipinski definition) is 5. The Hall–Kier alpha value is -1.53. The molecule has 1 saturated heterocycles. The number of nitrogens with one attached hydrogen (secondary N) is 3. The number of nitrogens with zero attached hydrogens (tertiary/aromatic N) is 2. The molecular formula is C14H19N5S. The normalized spacial score (nSPS) is 18.9. The van der Waals surface area contributed by atoms with Gasteiger partial charge in [-0.2, -0.15) is 5.10 Å². The van der Waals surface area contributed by atoms with Crippen LogP contribution in [0.5, 0.6) is 0 Å². The number of H-pyrrole nitrogens is 1. The smallest absolute Gasteiger partial charge is 0.188 e. The van der Waals surface area contributed by atoms with Gasteiger partial charge in [0, 0.05) is 17.1 Å². The van der Waals surface area contributed by atoms with Crippen molar-refractivity contribution in [1.82, 2.24) is 20.5 Å². The number of anilines is 1. The standard InChI is InChI=1S/C14H19N5S/c1-2-11(8-15-7-1)9-16-12-3-5-13(6-4-12)20-14-17-10-18-19-14/h3-6,10-11,15-16H,1-2,7-9H2,(H,17,18,19). The summed E-state index contributed by atoms with van der Waals surface area (Å²) < 4.78 is 0. The van der Waals surface area contributed by atoms with E-state index < -0.39 is 0 Å². The van der Waals surface area contributed by atoms with Gasteiger partial charge in [0.2, 0.25) is 0 Å². The van der Waals surface area contributed by atoms with Crippen molar-refractivity contribution in [3.8, 4) is 0 Å². The van der Waals surface area contributed by atoms with E-state index in [2.05, 4.69) is 50.1 Å². The third kappa shape index (κ3) is 3.74. The van der Waals surface area contributed by atoms with Gasteiger partial charge in [-0.05, 0) is 56.1 Å². The van der Waals surface area contributed by atoms with Gasteiger partial charge in [0.1, 0.15) is 6.33 Å². The number of piperidine rings is 1. The van der Waals surface area contributed by atoms with Crippen molar-refractivity contribution >= 4 is 17.4 Å². The van der Waals surface area contributed by atoms with Crippen molar-refractivity contribution < 1.29 is 0 Å². The molecule has 6 heteroatoms. The van der Waals surface area contributed by atoms with E-state index in [0.29, 0.717) is 0 Å². The zero-order valence-corrected chi connectivity index (χ0v) is 12.1. The van der Waals surface area contributed by atoms with Crippen LogP contribution in [0.2, 0.25) is 0 Å². The van der Waals surface area contributed by atoms with Gasteiger partial charge in [-0.25, -0.2) is 4.98 Å². The Morgan fingerprint density at radius 2 is 2.20 bits per heavy atom. The van der Waals surface area contributed by atoms with Crippen molar-refractivity contribution in [2.75, 3.05) is 25.0 Å². The molecule has 1 aromatic heterocycles. The predicted octanol–water partition coefficient (Wildman–Crippen LogP) is 2.37. The maximum absolute atomic E-state index is 4.11. The second-order valence-electron chi connectivity index (χ2n) is 5.01. The van der Waals surface area contributed by atoms with E-state index in [9.17, 15) is 0 Å². The van der Waals surface area contributed by atoms with E-state index in [-0.39, 0.29) is 0 Å². The fourth-order valence-electron chi connectivity index (χ4n) is 2.36. The van der Waals surface area contributed by atoms with Crippen LogP contribution in [-0.4, -0.2) is 34.8 Å². The molecule has 0 saturated carbocycles. The number of rotatable bonds is 5. The minimum atomic E-state index is 0.743. The highest BCUT2D eigenvalue weighted by atomic mass is 32.2. The van der Waals surface area contributed by atoms with Gasteiger partial charge in [-0.15, -0.1) is 0 Å². The SMILES string of the molecule is c1n[nH]c(Sc2ccc(NCC3CCCNC3)cc2)n1. The first-order valence-electron chi connectivity index (χ1n) is 6.98. The molecule has 2 aromatic rings. The molecule has 1 fully saturated rings. The Bertz CT molecular complexity index is 505. The number of benzene rings is 1. The van der Waals surface area contributed by atoms with Gasteiger partial charge >= 0.3 is 0 Å². The minimum Gasteiger partial charge on any atom is -0.385 e. The number of aromatic amines is 1. The van der Waals surface area contributed by atoms with Crippen molar-refractivity contribution in [2.45, 2.75) is 22.9 Å². The molecule has 0 aliphatic carbocycles. The molecule has 0 spiro atoms. The van der Waals surface area contributed by atoms with Gasteiger partial charge in [0.05, 0.1) is 0 Å². The molecule has 0 bridgehead atoms. The van der Waals surface area contributed by atoms with E-state index in [1.54, 1.807) is 11.8 Å². The van der Waals surface area contributed by atoms with Crippen LogP contribution in [0.4, 0.5) is 5.69 Å². The monoisotopic (exact) mass is 289 g/mol. The third-order valence-electron chi connectivity index (χ3n) is 3.46. The lowest BCUT2D eigenvalue weighted by Gasteiger charge is -2.23. The Labute approximate surface area is 123 Å². The molecule has 0 amide bonds. The molecule has 1 aromatic carbocycles. The Morgan fingerprint density at radius 3 is 2.90 bits per heavy atom. The fourth-order valence-corrected chi connectivity index (χ4v) is 3.05. The Morgan fingerprint density at radius 1 is 1.30 bits per heavy atom. The van der Waals surface area contributed by atoms with E-state index in [1.165, 1.54) is 31.4 Å². The highest BCUT2D eigenvalue weighted by molar-refractivity contribution is 7.99. The second-order valence-corrected chi connectivity index (χ2v) is 6.07. The van der Waals surface area contributed by atoms with Crippen LogP contribution in [0.15, 0.2) is 40.6 Å². The summed E-state index contributed by atoms with van der Waals surface area (Å²) in [6.45, 7) is 3.35. The van der Waals surface area contributed by atoms with Gasteiger partial charge in [0.15, 0.2) is 5.16 Å². The summed E-state index contributed by atoms with van der Waals surface area (Å²) in [7, 11) is 0. The molecule has 1 atom stereocenters. The van der Waals surface area contributed by atoms with Crippen LogP contribution in [0.1, 0.15) is 12.8 Å². The molecule has 3 rings (SSSR count). The molecular weight excluding hydrogens is 270 g/mol. The van der Waals surface area contributed by atoms with Crippen LogP contribution in [0.25, 0.3) is 0 Å². The first-order chi connectivity index (χ1) is 9.90. The highest BCUT2D eigenvalue weighted by Crippen LogP contribution is 2.25. The minimum absolute atomic E-state index is 0.743. The van der Waals surface area contributed by atoms with Crippen molar-refractivity contribution in [2.24, 2.45) is 5.92 Å². The molecule has 106 valence electrons. The first-order valence-corrected chi connectivity index (χ1v) is 7.80. The van der Waals surface area contributed by atoms with Gasteiger partial charge < -0.3 is 10.6 Å². The maximum atomic E-state index is 4.11. The van der Waals surface area contributed by atoms with Gasteiger partial charge in [-0.1, -0.05) is 11.8 Å². The Balaban J connectivity index is 1.50. The Kier molecular flexibility index (Phi) is 4.55. The molecule has 20 heavy (non-hydrogen) atoms. The molecule has 1 unspecified atom stereocenters. The molecule has 1 aliphatic rings. The summed E-state index contributed by atoms with van der Waals surface area (Å²) in [4.78, 5) is 5.26. The fraction of sp³-hybridized carbons (Fsp3) is 0.429. The van der Waals surface area contributed by atoms with Crippen LogP contribution in [-0.2, 0) is 0 Å². The summed E-state index contributed by atoms with van der Waals surface area (Å²) >= 11 is 1.58. The number of aromatic nitrogens is 3. The lowest BCUT2D eigenvalue weighted by atomic mass is 10.00. The zero-order chi connectivity index (χ0) is 13.6. The van der Waals surface area contributed by atoms with Gasteiger partial charge in [0.25, 0.3) is 0 Å². The quantitative estimate of drug-likeness (QED) is 0.788. The molecule has 5 nitrogen and oxygen atoms in total. The summed E-state index contributed by atoms with van der Waals surface area (Å²) in [5, 5.41) is 14.5.